The van der Waals surface area contributed by atoms with Crippen molar-refractivity contribution >= 4 is 16.9 Å². The first-order valence-electron chi connectivity index (χ1n) is 8.66. The van der Waals surface area contributed by atoms with Crippen molar-refractivity contribution in [2.45, 2.75) is 6.42 Å². The fourth-order valence-electron chi connectivity index (χ4n) is 3.19. The summed E-state index contributed by atoms with van der Waals surface area (Å²) in [5, 5.41) is 11.6. The predicted molar refractivity (Wildman–Crippen MR) is 98.0 cm³/mol. The second-order valence-corrected chi connectivity index (χ2v) is 6.42. The van der Waals surface area contributed by atoms with Crippen LogP contribution >= 0.6 is 0 Å². The third kappa shape index (κ3) is 2.99. The van der Waals surface area contributed by atoms with Crippen molar-refractivity contribution < 1.29 is 4.79 Å². The number of aryl methyl sites for hydroxylation is 1. The summed E-state index contributed by atoms with van der Waals surface area (Å²) < 4.78 is 1.55. The van der Waals surface area contributed by atoms with Crippen molar-refractivity contribution in [1.82, 2.24) is 30.0 Å². The summed E-state index contributed by atoms with van der Waals surface area (Å²) in [6.07, 6.45) is 0.937. The molecule has 134 valence electrons. The Balaban J connectivity index is 1.60. The first kappa shape index (κ1) is 16.5. The maximum atomic E-state index is 12.6. The van der Waals surface area contributed by atoms with Gasteiger partial charge in [-0.05, 0) is 37.2 Å². The molecule has 0 spiro atoms. The number of benzene rings is 1. The molecule has 0 atom stereocenters. The molecule has 1 saturated heterocycles. The van der Waals surface area contributed by atoms with Gasteiger partial charge in [-0.3, -0.25) is 9.36 Å². The molecule has 26 heavy (non-hydrogen) atoms. The van der Waals surface area contributed by atoms with E-state index in [-0.39, 0.29) is 11.6 Å². The highest BCUT2D eigenvalue weighted by Crippen LogP contribution is 2.21. The first-order valence-corrected chi connectivity index (χ1v) is 8.66. The van der Waals surface area contributed by atoms with E-state index in [1.165, 1.54) is 0 Å². The normalized spacial score (nSPS) is 15.2. The lowest BCUT2D eigenvalue weighted by Crippen LogP contribution is -2.34. The molecular weight excluding hydrogens is 332 g/mol. The zero-order valence-corrected chi connectivity index (χ0v) is 14.5. The number of nitrogens with one attached hydrogen (secondary N) is 2. The number of carbonyl (C=O) groups excluding carboxylic acids is 1. The fraction of sp³-hybridized carbons (Fsp3) is 0.333. The van der Waals surface area contributed by atoms with E-state index >= 15 is 0 Å². The third-order valence-electron chi connectivity index (χ3n) is 4.71. The fourth-order valence-corrected chi connectivity index (χ4v) is 3.19. The molecule has 0 saturated carbocycles. The minimum absolute atomic E-state index is 0.0868. The molecule has 3 heterocycles. The summed E-state index contributed by atoms with van der Waals surface area (Å²) in [7, 11) is 1.72. The van der Waals surface area contributed by atoms with Crippen LogP contribution in [0.5, 0.6) is 0 Å². The summed E-state index contributed by atoms with van der Waals surface area (Å²) in [4.78, 5) is 28.9. The number of hydrogen-bond acceptors (Lipinski definition) is 5. The zero-order chi connectivity index (χ0) is 18.1. The van der Waals surface area contributed by atoms with Gasteiger partial charge in [-0.15, -0.1) is 10.2 Å². The van der Waals surface area contributed by atoms with Gasteiger partial charge < -0.3 is 15.2 Å². The molecule has 1 aromatic carbocycles. The quantitative estimate of drug-likeness (QED) is 0.710. The summed E-state index contributed by atoms with van der Waals surface area (Å²) in [5.74, 6) is -0.0868. The van der Waals surface area contributed by atoms with Gasteiger partial charge in [-0.2, -0.15) is 0 Å². The molecule has 0 bridgehead atoms. The largest absolute Gasteiger partial charge is 0.336 e. The van der Waals surface area contributed by atoms with E-state index in [0.717, 1.165) is 42.7 Å². The van der Waals surface area contributed by atoms with Crippen LogP contribution in [-0.4, -0.2) is 56.7 Å². The number of imidazole rings is 1. The Hall–Kier alpha value is -3.00. The molecule has 2 aromatic heterocycles. The molecular formula is C18H20N6O2. The molecule has 0 radical (unpaired) electrons. The van der Waals surface area contributed by atoms with E-state index in [1.807, 2.05) is 23.1 Å². The van der Waals surface area contributed by atoms with Gasteiger partial charge in [-0.1, -0.05) is 6.07 Å². The van der Waals surface area contributed by atoms with Crippen LogP contribution < -0.4 is 11.0 Å². The average molecular weight is 352 g/mol. The maximum absolute atomic E-state index is 12.6. The summed E-state index contributed by atoms with van der Waals surface area (Å²) in [6, 6.07) is 9.12. The molecule has 1 aliphatic heterocycles. The molecule has 0 aliphatic carbocycles. The van der Waals surface area contributed by atoms with Gasteiger partial charge >= 0.3 is 5.69 Å². The minimum atomic E-state index is -0.156. The Morgan fingerprint density at radius 2 is 2.00 bits per heavy atom. The SMILES string of the molecule is Cn1c(=O)[nH]c2ccc(-c3ccc(C(=O)N4CCCNCC4)nn3)cc21. The predicted octanol–water partition coefficient (Wildman–Crippen LogP) is 0.759. The molecule has 1 fully saturated rings. The van der Waals surface area contributed by atoms with Gasteiger partial charge in [0.05, 0.1) is 16.7 Å². The zero-order valence-electron chi connectivity index (χ0n) is 14.5. The van der Waals surface area contributed by atoms with E-state index in [9.17, 15) is 9.59 Å². The van der Waals surface area contributed by atoms with E-state index in [4.69, 9.17) is 0 Å². The molecule has 1 aliphatic rings. The van der Waals surface area contributed by atoms with Crippen molar-refractivity contribution in [1.29, 1.82) is 0 Å². The monoisotopic (exact) mass is 352 g/mol. The Morgan fingerprint density at radius 1 is 1.12 bits per heavy atom. The smallest absolute Gasteiger partial charge is 0.326 e. The molecule has 2 N–H and O–H groups in total. The number of fused-ring (bicyclic) bond motifs is 1. The van der Waals surface area contributed by atoms with Gasteiger partial charge in [0.1, 0.15) is 0 Å². The molecule has 8 nitrogen and oxygen atoms in total. The highest BCUT2D eigenvalue weighted by atomic mass is 16.2. The molecule has 0 unspecified atom stereocenters. The highest BCUT2D eigenvalue weighted by Gasteiger charge is 2.19. The number of rotatable bonds is 2. The van der Waals surface area contributed by atoms with Crippen LogP contribution in [0.4, 0.5) is 0 Å². The Morgan fingerprint density at radius 3 is 2.81 bits per heavy atom. The van der Waals surface area contributed by atoms with Gasteiger partial charge in [0.2, 0.25) is 0 Å². The topological polar surface area (TPSA) is 95.9 Å². The van der Waals surface area contributed by atoms with Crippen LogP contribution in [0.3, 0.4) is 0 Å². The van der Waals surface area contributed by atoms with Gasteiger partial charge in [0.15, 0.2) is 5.69 Å². The Kier molecular flexibility index (Phi) is 4.26. The van der Waals surface area contributed by atoms with Gasteiger partial charge in [0, 0.05) is 32.2 Å². The van der Waals surface area contributed by atoms with E-state index in [0.29, 0.717) is 17.9 Å². The van der Waals surface area contributed by atoms with Crippen LogP contribution in [0.1, 0.15) is 16.9 Å². The highest BCUT2D eigenvalue weighted by molar-refractivity contribution is 5.92. The Labute approximate surface area is 149 Å². The number of H-pyrrole nitrogens is 1. The maximum Gasteiger partial charge on any atom is 0.326 e. The van der Waals surface area contributed by atoms with Crippen molar-refractivity contribution in [3.8, 4) is 11.3 Å². The number of aromatic amines is 1. The summed E-state index contributed by atoms with van der Waals surface area (Å²) in [5.41, 5.74) is 3.27. The molecule has 8 heteroatoms. The van der Waals surface area contributed by atoms with Crippen LogP contribution in [0.15, 0.2) is 35.1 Å². The molecule has 1 amide bonds. The van der Waals surface area contributed by atoms with Crippen molar-refractivity contribution in [2.75, 3.05) is 26.2 Å². The van der Waals surface area contributed by atoms with E-state index in [1.54, 1.807) is 23.7 Å². The molecule has 4 rings (SSSR count). The standard InChI is InChI=1S/C18H20N6O2/c1-23-16-11-12(3-4-14(16)20-18(23)26)13-5-6-15(22-21-13)17(25)24-9-2-7-19-8-10-24/h3-6,11,19H,2,7-10H2,1H3,(H,20,26). The summed E-state index contributed by atoms with van der Waals surface area (Å²) >= 11 is 0. The van der Waals surface area contributed by atoms with Crippen LogP contribution in [0.2, 0.25) is 0 Å². The van der Waals surface area contributed by atoms with Crippen LogP contribution in [-0.2, 0) is 7.05 Å². The Bertz CT molecular complexity index is 997. The molecule has 3 aromatic rings. The number of aromatic nitrogens is 4. The second kappa shape index (κ2) is 6.72. The number of amides is 1. The third-order valence-corrected chi connectivity index (χ3v) is 4.71. The summed E-state index contributed by atoms with van der Waals surface area (Å²) in [6.45, 7) is 3.14. The lowest BCUT2D eigenvalue weighted by Gasteiger charge is -2.19. The van der Waals surface area contributed by atoms with E-state index < -0.39 is 0 Å². The van der Waals surface area contributed by atoms with Crippen molar-refractivity contribution in [2.24, 2.45) is 7.05 Å². The first-order chi connectivity index (χ1) is 12.6. The number of nitrogens with zero attached hydrogens (tertiary/aromatic N) is 4. The lowest BCUT2D eigenvalue weighted by molar-refractivity contribution is 0.0759. The number of carbonyl (C=O) groups is 1. The lowest BCUT2D eigenvalue weighted by atomic mass is 10.1. The average Bonchev–Trinajstić information content (AvgIpc) is 2.86. The minimum Gasteiger partial charge on any atom is -0.336 e. The van der Waals surface area contributed by atoms with Crippen LogP contribution in [0, 0.1) is 0 Å². The van der Waals surface area contributed by atoms with Crippen LogP contribution in [0.25, 0.3) is 22.3 Å². The second-order valence-electron chi connectivity index (χ2n) is 6.42. The van der Waals surface area contributed by atoms with Crippen molar-refractivity contribution in [3.05, 3.63) is 46.5 Å². The van der Waals surface area contributed by atoms with Crippen molar-refractivity contribution in [3.63, 3.8) is 0 Å². The van der Waals surface area contributed by atoms with Gasteiger partial charge in [0.25, 0.3) is 5.91 Å². The van der Waals surface area contributed by atoms with E-state index in [2.05, 4.69) is 20.5 Å². The number of hydrogen-bond donors (Lipinski definition) is 2. The van der Waals surface area contributed by atoms with Gasteiger partial charge in [-0.25, -0.2) is 4.79 Å².